The highest BCUT2D eigenvalue weighted by Crippen LogP contribution is 2.29. The maximum Gasteiger partial charge on any atom is 0.206 e. The highest BCUT2D eigenvalue weighted by atomic mass is 127. The summed E-state index contributed by atoms with van der Waals surface area (Å²) < 4.78 is 0.227. The van der Waals surface area contributed by atoms with Crippen molar-refractivity contribution in [2.24, 2.45) is 0 Å². The van der Waals surface area contributed by atoms with Gasteiger partial charge in [0, 0.05) is 42.2 Å². The van der Waals surface area contributed by atoms with Gasteiger partial charge in [-0.2, -0.15) is 0 Å². The molecule has 0 unspecified atom stereocenters. The molecular formula is C18H14IN5S. The summed E-state index contributed by atoms with van der Waals surface area (Å²) in [6, 6.07) is 12.3. The van der Waals surface area contributed by atoms with E-state index in [1.54, 1.807) is 23.7 Å². The van der Waals surface area contributed by atoms with E-state index in [0.29, 0.717) is 0 Å². The predicted octanol–water partition coefficient (Wildman–Crippen LogP) is 4.56. The molecule has 3 aromatic heterocycles. The Bertz CT molecular complexity index is 989. The number of nitrogens with zero attached hydrogens (tertiary/aromatic N) is 4. The number of benzene rings is 1. The molecule has 5 nitrogen and oxygen atoms in total. The molecule has 0 saturated carbocycles. The molecule has 7 heteroatoms. The number of alkyl halides is 1. The van der Waals surface area contributed by atoms with Gasteiger partial charge in [0.15, 0.2) is 0 Å². The molecule has 0 bridgehead atoms. The first-order chi connectivity index (χ1) is 12.3. The van der Waals surface area contributed by atoms with Gasteiger partial charge >= 0.3 is 0 Å². The van der Waals surface area contributed by atoms with Crippen molar-refractivity contribution in [2.45, 2.75) is 10.5 Å². The Balaban J connectivity index is 1.49. The first kappa shape index (κ1) is 16.3. The highest BCUT2D eigenvalue weighted by Gasteiger charge is 2.11. The Morgan fingerprint density at radius 3 is 2.80 bits per heavy atom. The third-order valence-corrected chi connectivity index (χ3v) is 5.39. The molecule has 3 heterocycles. The summed E-state index contributed by atoms with van der Waals surface area (Å²) in [6.07, 6.45) is 8.23. The van der Waals surface area contributed by atoms with Crippen molar-refractivity contribution in [3.63, 3.8) is 0 Å². The van der Waals surface area contributed by atoms with E-state index in [9.17, 15) is 0 Å². The van der Waals surface area contributed by atoms with Crippen LogP contribution in [0.2, 0.25) is 0 Å². The van der Waals surface area contributed by atoms with Gasteiger partial charge in [0.05, 0.1) is 4.05 Å². The molecule has 1 N–H and O–H groups in total. The monoisotopic (exact) mass is 459 g/mol. The minimum Gasteiger partial charge on any atom is -0.348 e. The molecule has 0 fully saturated rings. The number of rotatable bonds is 5. The molecule has 4 rings (SSSR count). The second kappa shape index (κ2) is 7.40. The van der Waals surface area contributed by atoms with E-state index in [-0.39, 0.29) is 4.05 Å². The minimum atomic E-state index is 0.227. The number of anilines is 1. The third-order valence-electron chi connectivity index (χ3n) is 3.73. The number of aromatic nitrogens is 4. The smallest absolute Gasteiger partial charge is 0.206 e. The van der Waals surface area contributed by atoms with Crippen molar-refractivity contribution in [1.82, 2.24) is 20.2 Å². The van der Waals surface area contributed by atoms with Crippen molar-refractivity contribution in [2.75, 3.05) is 5.32 Å². The van der Waals surface area contributed by atoms with E-state index in [0.717, 1.165) is 32.9 Å². The zero-order valence-corrected chi connectivity index (χ0v) is 16.1. The zero-order valence-electron chi connectivity index (χ0n) is 13.1. The van der Waals surface area contributed by atoms with Gasteiger partial charge in [-0.1, -0.05) is 52.1 Å². The molecule has 25 heavy (non-hydrogen) atoms. The van der Waals surface area contributed by atoms with E-state index in [2.05, 4.69) is 72.3 Å². The summed E-state index contributed by atoms with van der Waals surface area (Å²) in [5.74, 6) is 0. The molecule has 0 spiro atoms. The van der Waals surface area contributed by atoms with Crippen LogP contribution in [0.15, 0.2) is 61.2 Å². The summed E-state index contributed by atoms with van der Waals surface area (Å²) >= 11 is 3.94. The molecule has 0 aliphatic heterocycles. The van der Waals surface area contributed by atoms with Gasteiger partial charge in [0.25, 0.3) is 0 Å². The van der Waals surface area contributed by atoms with E-state index in [1.165, 1.54) is 5.56 Å². The molecule has 0 aliphatic carbocycles. The van der Waals surface area contributed by atoms with Crippen molar-refractivity contribution in [1.29, 1.82) is 0 Å². The molecule has 1 atom stereocenters. The lowest BCUT2D eigenvalue weighted by Gasteiger charge is -2.10. The SMILES string of the molecule is I[C@@H](Cc1cccnc1)Nc1nnc(-c2ccc3cnccc3c2)s1. The second-order valence-corrected chi connectivity index (χ2v) is 8.01. The van der Waals surface area contributed by atoms with Gasteiger partial charge in [-0.05, 0) is 29.1 Å². The summed E-state index contributed by atoms with van der Waals surface area (Å²) in [6.45, 7) is 0. The van der Waals surface area contributed by atoms with E-state index in [1.807, 2.05) is 24.5 Å². The number of halogens is 1. The molecule has 124 valence electrons. The zero-order chi connectivity index (χ0) is 17.1. The van der Waals surface area contributed by atoms with Gasteiger partial charge in [-0.15, -0.1) is 10.2 Å². The van der Waals surface area contributed by atoms with Crippen LogP contribution in [-0.2, 0) is 6.42 Å². The molecule has 0 saturated heterocycles. The Morgan fingerprint density at radius 2 is 1.92 bits per heavy atom. The average Bonchev–Trinajstić information content (AvgIpc) is 3.10. The summed E-state index contributed by atoms with van der Waals surface area (Å²) in [4.78, 5) is 8.30. The fraction of sp³-hybridized carbons (Fsp3) is 0.111. The van der Waals surface area contributed by atoms with Gasteiger partial charge in [0.1, 0.15) is 5.01 Å². The van der Waals surface area contributed by atoms with Crippen LogP contribution in [0.4, 0.5) is 5.13 Å². The normalized spacial score (nSPS) is 12.2. The van der Waals surface area contributed by atoms with Gasteiger partial charge in [-0.25, -0.2) is 0 Å². The fourth-order valence-corrected chi connectivity index (χ4v) is 4.33. The van der Waals surface area contributed by atoms with Crippen LogP contribution < -0.4 is 5.32 Å². The van der Waals surface area contributed by atoms with Crippen molar-refractivity contribution in [3.05, 3.63) is 66.7 Å². The Labute approximate surface area is 162 Å². The summed E-state index contributed by atoms with van der Waals surface area (Å²) in [5.41, 5.74) is 2.27. The van der Waals surface area contributed by atoms with Crippen LogP contribution in [0, 0.1) is 0 Å². The molecule has 4 aromatic rings. The molecular weight excluding hydrogens is 445 g/mol. The quantitative estimate of drug-likeness (QED) is 0.269. The molecule has 0 aliphatic rings. The van der Waals surface area contributed by atoms with Crippen LogP contribution in [0.1, 0.15) is 5.56 Å². The van der Waals surface area contributed by atoms with Crippen LogP contribution in [-0.4, -0.2) is 24.2 Å². The van der Waals surface area contributed by atoms with Crippen LogP contribution in [0.5, 0.6) is 0 Å². The first-order valence-corrected chi connectivity index (χ1v) is 9.81. The van der Waals surface area contributed by atoms with E-state index in [4.69, 9.17) is 0 Å². The Hall–Kier alpha value is -2.13. The lowest BCUT2D eigenvalue weighted by atomic mass is 10.1. The third kappa shape index (κ3) is 3.93. The van der Waals surface area contributed by atoms with Gasteiger partial charge in [-0.3, -0.25) is 9.97 Å². The van der Waals surface area contributed by atoms with Crippen LogP contribution in [0.3, 0.4) is 0 Å². The minimum absolute atomic E-state index is 0.227. The fourth-order valence-electron chi connectivity index (χ4n) is 2.53. The lowest BCUT2D eigenvalue weighted by Crippen LogP contribution is -2.14. The number of hydrogen-bond donors (Lipinski definition) is 1. The summed E-state index contributed by atoms with van der Waals surface area (Å²) in [7, 11) is 0. The van der Waals surface area contributed by atoms with E-state index >= 15 is 0 Å². The molecule has 1 aromatic carbocycles. The van der Waals surface area contributed by atoms with Gasteiger partial charge in [0.2, 0.25) is 5.13 Å². The molecule has 0 radical (unpaired) electrons. The van der Waals surface area contributed by atoms with Gasteiger partial charge < -0.3 is 5.32 Å². The maximum atomic E-state index is 4.33. The van der Waals surface area contributed by atoms with Crippen LogP contribution >= 0.6 is 33.9 Å². The Morgan fingerprint density at radius 1 is 1.00 bits per heavy atom. The predicted molar refractivity (Wildman–Crippen MR) is 110 cm³/mol. The largest absolute Gasteiger partial charge is 0.348 e. The number of nitrogens with one attached hydrogen (secondary N) is 1. The lowest BCUT2D eigenvalue weighted by molar-refractivity contribution is 0.960. The number of pyridine rings is 2. The van der Waals surface area contributed by atoms with Crippen molar-refractivity contribution in [3.8, 4) is 10.6 Å². The van der Waals surface area contributed by atoms with Crippen molar-refractivity contribution < 1.29 is 0 Å². The topological polar surface area (TPSA) is 63.6 Å². The van der Waals surface area contributed by atoms with Crippen molar-refractivity contribution >= 4 is 49.8 Å². The van der Waals surface area contributed by atoms with E-state index < -0.39 is 0 Å². The average molecular weight is 459 g/mol. The summed E-state index contributed by atoms with van der Waals surface area (Å²) in [5, 5.41) is 16.0. The first-order valence-electron chi connectivity index (χ1n) is 7.75. The van der Waals surface area contributed by atoms with Crippen LogP contribution in [0.25, 0.3) is 21.3 Å². The second-order valence-electron chi connectivity index (χ2n) is 5.53. The standard InChI is InChI=1S/C18H14IN5S/c19-16(8-12-2-1-6-20-10-12)22-18-24-23-17(25-18)14-3-4-15-11-21-7-5-13(15)9-14/h1-7,9-11,16H,8H2,(H,22,24)/t16-/m1/s1. The number of fused-ring (bicyclic) bond motifs is 1. The maximum absolute atomic E-state index is 4.33. The Kier molecular flexibility index (Phi) is 4.84. The highest BCUT2D eigenvalue weighted by molar-refractivity contribution is 14.1. The number of hydrogen-bond acceptors (Lipinski definition) is 6. The molecule has 0 amide bonds.